The zero-order valence-corrected chi connectivity index (χ0v) is 11.8. The highest BCUT2D eigenvalue weighted by molar-refractivity contribution is 5.78. The van der Waals surface area contributed by atoms with Crippen LogP contribution in [0.15, 0.2) is 18.2 Å². The molecular formula is C16H21NO3. The number of aliphatic hydroxyl groups is 1. The van der Waals surface area contributed by atoms with Crippen molar-refractivity contribution in [2.24, 2.45) is 0 Å². The number of nitrogens with zero attached hydrogens (tertiary/aromatic N) is 1. The topological polar surface area (TPSA) is 49.8 Å². The highest BCUT2D eigenvalue weighted by Crippen LogP contribution is 2.33. The lowest BCUT2D eigenvalue weighted by Crippen LogP contribution is -2.36. The van der Waals surface area contributed by atoms with Gasteiger partial charge in [-0.3, -0.25) is 4.79 Å². The predicted octanol–water partition coefficient (Wildman–Crippen LogP) is 2.06. The Hall–Kier alpha value is -1.55. The number of carbonyl (C=O) groups excluding carboxylic acids is 1. The number of carbonyl (C=O) groups is 1. The third kappa shape index (κ3) is 2.66. The van der Waals surface area contributed by atoms with Gasteiger partial charge in [-0.05, 0) is 55.9 Å². The van der Waals surface area contributed by atoms with Gasteiger partial charge in [0.05, 0.1) is 6.10 Å². The molecule has 1 N–H and O–H groups in total. The Morgan fingerprint density at radius 2 is 2.20 bits per heavy atom. The van der Waals surface area contributed by atoms with Crippen molar-refractivity contribution < 1.29 is 14.6 Å². The second-order valence-electron chi connectivity index (χ2n) is 5.61. The first-order valence-corrected chi connectivity index (χ1v) is 7.42. The Bertz CT molecular complexity index is 510. The third-order valence-corrected chi connectivity index (χ3v) is 4.17. The van der Waals surface area contributed by atoms with Crippen molar-refractivity contribution in [2.75, 3.05) is 13.2 Å². The van der Waals surface area contributed by atoms with Gasteiger partial charge in [0.15, 0.2) is 6.61 Å². The van der Waals surface area contributed by atoms with Crippen molar-refractivity contribution in [3.63, 3.8) is 0 Å². The summed E-state index contributed by atoms with van der Waals surface area (Å²) in [6.45, 7) is 2.86. The molecule has 1 saturated carbocycles. The lowest BCUT2D eigenvalue weighted by Gasteiger charge is -2.20. The highest BCUT2D eigenvalue weighted by atomic mass is 16.5. The van der Waals surface area contributed by atoms with Gasteiger partial charge in [-0.1, -0.05) is 6.07 Å². The predicted molar refractivity (Wildman–Crippen MR) is 75.6 cm³/mol. The van der Waals surface area contributed by atoms with E-state index in [-0.39, 0.29) is 18.6 Å². The number of amides is 1. The van der Waals surface area contributed by atoms with Gasteiger partial charge in [0.1, 0.15) is 5.75 Å². The molecule has 0 aliphatic heterocycles. The number of rotatable bonds is 5. The summed E-state index contributed by atoms with van der Waals surface area (Å²) in [5.74, 6) is 0.786. The SMILES string of the molecule is CCN(C(=O)COc1ccc2c(c1)CCC2O)C1CC1. The molecule has 4 heteroatoms. The van der Waals surface area contributed by atoms with Gasteiger partial charge in [-0.25, -0.2) is 0 Å². The van der Waals surface area contributed by atoms with Crippen LogP contribution in [0, 0.1) is 0 Å². The van der Waals surface area contributed by atoms with Crippen molar-refractivity contribution in [1.29, 1.82) is 0 Å². The first kappa shape index (κ1) is 13.4. The van der Waals surface area contributed by atoms with Gasteiger partial charge >= 0.3 is 0 Å². The lowest BCUT2D eigenvalue weighted by molar-refractivity contribution is -0.133. The molecule has 2 aliphatic rings. The lowest BCUT2D eigenvalue weighted by atomic mass is 10.1. The highest BCUT2D eigenvalue weighted by Gasteiger charge is 2.31. The van der Waals surface area contributed by atoms with E-state index in [1.807, 2.05) is 30.0 Å². The number of hydrogen-bond acceptors (Lipinski definition) is 3. The second-order valence-corrected chi connectivity index (χ2v) is 5.61. The average molecular weight is 275 g/mol. The van der Waals surface area contributed by atoms with Crippen LogP contribution in [0.4, 0.5) is 0 Å². The van der Waals surface area contributed by atoms with Crippen molar-refractivity contribution in [2.45, 2.75) is 44.8 Å². The number of ether oxygens (including phenoxy) is 1. The Morgan fingerprint density at radius 3 is 2.90 bits per heavy atom. The first-order valence-electron chi connectivity index (χ1n) is 7.42. The fourth-order valence-corrected chi connectivity index (χ4v) is 2.91. The maximum absolute atomic E-state index is 12.1. The van der Waals surface area contributed by atoms with Crippen molar-refractivity contribution >= 4 is 5.91 Å². The molecule has 0 heterocycles. The van der Waals surface area contributed by atoms with Crippen LogP contribution in [-0.2, 0) is 11.2 Å². The number of benzene rings is 1. The van der Waals surface area contributed by atoms with Crippen LogP contribution in [-0.4, -0.2) is 35.1 Å². The molecule has 4 nitrogen and oxygen atoms in total. The summed E-state index contributed by atoms with van der Waals surface area (Å²) in [5, 5.41) is 9.76. The molecule has 20 heavy (non-hydrogen) atoms. The van der Waals surface area contributed by atoms with Crippen molar-refractivity contribution in [1.82, 2.24) is 4.90 Å². The zero-order valence-electron chi connectivity index (χ0n) is 11.8. The maximum Gasteiger partial charge on any atom is 0.260 e. The minimum Gasteiger partial charge on any atom is -0.484 e. The number of fused-ring (bicyclic) bond motifs is 1. The molecule has 1 aromatic rings. The van der Waals surface area contributed by atoms with Crippen LogP contribution in [0.25, 0.3) is 0 Å². The van der Waals surface area contributed by atoms with Crippen LogP contribution in [0.5, 0.6) is 5.75 Å². The quantitative estimate of drug-likeness (QED) is 0.895. The Balaban J connectivity index is 1.60. The van der Waals surface area contributed by atoms with E-state index in [0.717, 1.165) is 49.1 Å². The van der Waals surface area contributed by atoms with E-state index in [1.165, 1.54) is 0 Å². The minimum atomic E-state index is -0.342. The summed E-state index contributed by atoms with van der Waals surface area (Å²) in [7, 11) is 0. The molecule has 1 amide bonds. The van der Waals surface area contributed by atoms with E-state index < -0.39 is 0 Å². The molecule has 0 spiro atoms. The number of likely N-dealkylation sites (N-methyl/N-ethyl adjacent to an activating group) is 1. The molecule has 3 rings (SSSR count). The average Bonchev–Trinajstić information content (AvgIpc) is 3.22. The van der Waals surface area contributed by atoms with Gasteiger partial charge in [-0.2, -0.15) is 0 Å². The summed E-state index contributed by atoms with van der Waals surface area (Å²) < 4.78 is 5.62. The Kier molecular flexibility index (Phi) is 3.66. The summed E-state index contributed by atoms with van der Waals surface area (Å²) in [5.41, 5.74) is 2.13. The third-order valence-electron chi connectivity index (χ3n) is 4.17. The Morgan fingerprint density at radius 1 is 1.40 bits per heavy atom. The monoisotopic (exact) mass is 275 g/mol. The van der Waals surface area contributed by atoms with E-state index in [2.05, 4.69) is 0 Å². The van der Waals surface area contributed by atoms with Gasteiger partial charge in [0.25, 0.3) is 5.91 Å². The fourth-order valence-electron chi connectivity index (χ4n) is 2.91. The molecule has 0 radical (unpaired) electrons. The molecule has 1 aromatic carbocycles. The molecule has 1 unspecified atom stereocenters. The van der Waals surface area contributed by atoms with E-state index in [1.54, 1.807) is 0 Å². The van der Waals surface area contributed by atoms with Gasteiger partial charge in [0, 0.05) is 12.6 Å². The largest absolute Gasteiger partial charge is 0.484 e. The van der Waals surface area contributed by atoms with Crippen molar-refractivity contribution in [3.05, 3.63) is 29.3 Å². The van der Waals surface area contributed by atoms with Crippen LogP contribution in [0.2, 0.25) is 0 Å². The van der Waals surface area contributed by atoms with Crippen molar-refractivity contribution in [3.8, 4) is 5.75 Å². The molecular weight excluding hydrogens is 254 g/mol. The molecule has 1 fully saturated rings. The van der Waals surface area contributed by atoms with E-state index >= 15 is 0 Å². The van der Waals surface area contributed by atoms with Crippen LogP contribution < -0.4 is 4.74 Å². The number of aliphatic hydroxyl groups excluding tert-OH is 1. The van der Waals surface area contributed by atoms with Crippen LogP contribution in [0.3, 0.4) is 0 Å². The standard InChI is InChI=1S/C16H21NO3/c1-2-17(12-4-5-12)16(19)10-20-13-6-7-14-11(9-13)3-8-15(14)18/h6-7,9,12,15,18H,2-5,8,10H2,1H3. The maximum atomic E-state index is 12.1. The molecule has 2 aliphatic carbocycles. The summed E-state index contributed by atoms with van der Waals surface area (Å²) >= 11 is 0. The van der Waals surface area contributed by atoms with Crippen LogP contribution in [0.1, 0.15) is 43.4 Å². The first-order chi connectivity index (χ1) is 9.69. The Labute approximate surface area is 119 Å². The smallest absolute Gasteiger partial charge is 0.260 e. The summed E-state index contributed by atoms with van der Waals surface area (Å²) in [4.78, 5) is 14.0. The zero-order chi connectivity index (χ0) is 14.1. The molecule has 0 saturated heterocycles. The number of aryl methyl sites for hydroxylation is 1. The molecule has 0 aromatic heterocycles. The summed E-state index contributed by atoms with van der Waals surface area (Å²) in [6.07, 6.45) is 3.56. The molecule has 1 atom stereocenters. The minimum absolute atomic E-state index is 0.0653. The van der Waals surface area contributed by atoms with Gasteiger partial charge in [0.2, 0.25) is 0 Å². The van der Waals surface area contributed by atoms with Gasteiger partial charge < -0.3 is 14.7 Å². The summed E-state index contributed by atoms with van der Waals surface area (Å²) in [6, 6.07) is 6.14. The normalized spacial score (nSPS) is 20.6. The fraction of sp³-hybridized carbons (Fsp3) is 0.562. The van der Waals surface area contributed by atoms with Crippen LogP contribution >= 0.6 is 0 Å². The number of hydrogen-bond donors (Lipinski definition) is 1. The molecule has 0 bridgehead atoms. The van der Waals surface area contributed by atoms with E-state index in [9.17, 15) is 9.90 Å². The molecule has 108 valence electrons. The second kappa shape index (κ2) is 5.44. The van der Waals surface area contributed by atoms with E-state index in [4.69, 9.17) is 4.74 Å². The van der Waals surface area contributed by atoms with E-state index in [0.29, 0.717) is 6.04 Å². The van der Waals surface area contributed by atoms with Gasteiger partial charge in [-0.15, -0.1) is 0 Å².